The van der Waals surface area contributed by atoms with Crippen molar-refractivity contribution < 1.29 is 18.3 Å². The molecule has 2 fully saturated rings. The van der Waals surface area contributed by atoms with Crippen LogP contribution in [-0.2, 0) is 22.6 Å². The molecule has 178 valence electrons. The van der Waals surface area contributed by atoms with Gasteiger partial charge >= 0.3 is 0 Å². The number of hydrogen-bond acceptors (Lipinski definition) is 4. The average molecular weight is 458 g/mol. The maximum Gasteiger partial charge on any atom is 0.224 e. The number of nitrogens with one attached hydrogen (secondary N) is 1. The molecule has 0 saturated carbocycles. The summed E-state index contributed by atoms with van der Waals surface area (Å²) in [6, 6.07) is 11.8. The molecule has 2 aliphatic heterocycles. The molecule has 3 unspecified atom stereocenters. The van der Waals surface area contributed by atoms with E-state index in [1.54, 1.807) is 18.2 Å². The van der Waals surface area contributed by atoms with Crippen molar-refractivity contribution >= 4 is 11.6 Å². The number of amides is 1. The molecule has 0 radical (unpaired) electrons. The molecular formula is C26H33F2N3O2. The van der Waals surface area contributed by atoms with Gasteiger partial charge in [-0.15, -0.1) is 0 Å². The van der Waals surface area contributed by atoms with E-state index < -0.39 is 0 Å². The molecule has 0 bridgehead atoms. The van der Waals surface area contributed by atoms with E-state index in [0.717, 1.165) is 30.5 Å². The molecule has 1 N–H and O–H groups in total. The summed E-state index contributed by atoms with van der Waals surface area (Å²) in [6.45, 7) is 7.77. The van der Waals surface area contributed by atoms with Gasteiger partial charge in [-0.1, -0.05) is 18.2 Å². The first-order valence-electron chi connectivity index (χ1n) is 11.8. The number of likely N-dealkylation sites (tertiary alicyclic amines) is 1. The number of morpholine rings is 1. The maximum atomic E-state index is 14.8. The highest BCUT2D eigenvalue weighted by Gasteiger charge is 2.26. The Bertz CT molecular complexity index is 960. The Morgan fingerprint density at radius 2 is 1.85 bits per heavy atom. The van der Waals surface area contributed by atoms with E-state index in [1.807, 2.05) is 30.9 Å². The van der Waals surface area contributed by atoms with Crippen LogP contribution in [0.2, 0.25) is 0 Å². The smallest absolute Gasteiger partial charge is 0.224 e. The molecule has 2 heterocycles. The predicted octanol–water partition coefficient (Wildman–Crippen LogP) is 4.11. The van der Waals surface area contributed by atoms with Crippen molar-refractivity contribution in [3.05, 3.63) is 65.2 Å². The molecule has 2 aromatic rings. The third-order valence-electron chi connectivity index (χ3n) is 6.41. The van der Waals surface area contributed by atoms with Gasteiger partial charge in [-0.3, -0.25) is 9.69 Å². The van der Waals surface area contributed by atoms with E-state index in [9.17, 15) is 13.6 Å². The van der Waals surface area contributed by atoms with Gasteiger partial charge in [-0.2, -0.15) is 0 Å². The minimum atomic E-state index is -0.276. The number of anilines is 1. The topological polar surface area (TPSA) is 44.8 Å². The number of nitrogens with zero attached hydrogens (tertiary/aromatic N) is 2. The molecule has 33 heavy (non-hydrogen) atoms. The lowest BCUT2D eigenvalue weighted by molar-refractivity contribution is -0.126. The minimum Gasteiger partial charge on any atom is -0.372 e. The average Bonchev–Trinajstić information content (AvgIpc) is 2.77. The van der Waals surface area contributed by atoms with Crippen molar-refractivity contribution in [1.29, 1.82) is 0 Å². The Morgan fingerprint density at radius 3 is 2.58 bits per heavy atom. The van der Waals surface area contributed by atoms with Crippen LogP contribution in [-0.4, -0.2) is 49.2 Å². The summed E-state index contributed by atoms with van der Waals surface area (Å²) in [6.07, 6.45) is 1.87. The third kappa shape index (κ3) is 6.30. The van der Waals surface area contributed by atoms with E-state index in [-0.39, 0.29) is 35.7 Å². The van der Waals surface area contributed by atoms with Crippen LogP contribution in [0, 0.1) is 17.6 Å². The van der Waals surface area contributed by atoms with Crippen molar-refractivity contribution in [2.45, 2.75) is 52.0 Å². The number of ether oxygens (including phenoxy) is 1. The van der Waals surface area contributed by atoms with Gasteiger partial charge in [0.1, 0.15) is 11.6 Å². The normalized spacial score (nSPS) is 24.0. The largest absolute Gasteiger partial charge is 0.372 e. The minimum absolute atomic E-state index is 0.0146. The maximum absolute atomic E-state index is 14.8. The third-order valence-corrected chi connectivity index (χ3v) is 6.41. The molecule has 3 atom stereocenters. The summed E-state index contributed by atoms with van der Waals surface area (Å²) in [5.41, 5.74) is 2.23. The first-order chi connectivity index (χ1) is 15.9. The second-order valence-corrected chi connectivity index (χ2v) is 9.37. The molecule has 2 aromatic carbocycles. The van der Waals surface area contributed by atoms with E-state index in [2.05, 4.69) is 10.2 Å². The van der Waals surface area contributed by atoms with Crippen LogP contribution in [0.5, 0.6) is 0 Å². The second-order valence-electron chi connectivity index (χ2n) is 9.37. The van der Waals surface area contributed by atoms with Gasteiger partial charge in [-0.05, 0) is 68.6 Å². The van der Waals surface area contributed by atoms with Crippen LogP contribution in [0.3, 0.4) is 0 Å². The van der Waals surface area contributed by atoms with E-state index >= 15 is 0 Å². The van der Waals surface area contributed by atoms with Crippen molar-refractivity contribution in [3.8, 4) is 0 Å². The van der Waals surface area contributed by atoms with Crippen molar-refractivity contribution in [2.24, 2.45) is 5.92 Å². The van der Waals surface area contributed by atoms with Gasteiger partial charge in [0, 0.05) is 32.7 Å². The van der Waals surface area contributed by atoms with Crippen molar-refractivity contribution in [1.82, 2.24) is 10.2 Å². The molecule has 4 rings (SSSR count). The molecule has 2 aliphatic rings. The Morgan fingerprint density at radius 1 is 1.06 bits per heavy atom. The lowest BCUT2D eigenvalue weighted by atomic mass is 9.96. The van der Waals surface area contributed by atoms with E-state index in [4.69, 9.17) is 4.74 Å². The number of rotatable bonds is 6. The Balaban J connectivity index is 1.30. The van der Waals surface area contributed by atoms with Gasteiger partial charge in [0.05, 0.1) is 23.8 Å². The van der Waals surface area contributed by atoms with Crippen LogP contribution in [0.4, 0.5) is 14.5 Å². The molecule has 0 aromatic heterocycles. The predicted molar refractivity (Wildman–Crippen MR) is 125 cm³/mol. The molecule has 2 saturated heterocycles. The number of halogens is 2. The zero-order valence-corrected chi connectivity index (χ0v) is 19.4. The summed E-state index contributed by atoms with van der Waals surface area (Å²) < 4.78 is 34.0. The monoisotopic (exact) mass is 457 g/mol. The number of piperidine rings is 1. The highest BCUT2D eigenvalue weighted by Crippen LogP contribution is 2.25. The zero-order valence-electron chi connectivity index (χ0n) is 19.4. The van der Waals surface area contributed by atoms with Crippen LogP contribution in [0.25, 0.3) is 0 Å². The fraction of sp³-hybridized carbons (Fsp3) is 0.500. The SMILES string of the molecule is CC1CN(c2ccc(CNC(=O)C3CCCN(Cc4cccc(F)c4)C3)cc2F)CC(C)O1. The molecule has 0 spiro atoms. The molecular weight excluding hydrogens is 424 g/mol. The molecule has 7 heteroatoms. The second kappa shape index (κ2) is 10.6. The Labute approximate surface area is 194 Å². The first-order valence-corrected chi connectivity index (χ1v) is 11.8. The Kier molecular flexibility index (Phi) is 7.60. The van der Waals surface area contributed by atoms with E-state index in [0.29, 0.717) is 38.4 Å². The molecule has 5 nitrogen and oxygen atoms in total. The number of benzene rings is 2. The number of carbonyl (C=O) groups excluding carboxylic acids is 1. The molecule has 1 amide bonds. The first kappa shape index (κ1) is 23.6. The summed E-state index contributed by atoms with van der Waals surface area (Å²) in [4.78, 5) is 17.0. The number of carbonyl (C=O) groups is 1. The molecule has 0 aliphatic carbocycles. The van der Waals surface area contributed by atoms with Gasteiger partial charge < -0.3 is 15.0 Å². The van der Waals surface area contributed by atoms with Crippen molar-refractivity contribution in [3.63, 3.8) is 0 Å². The highest BCUT2D eigenvalue weighted by atomic mass is 19.1. The van der Waals surface area contributed by atoms with Gasteiger partial charge in [0.2, 0.25) is 5.91 Å². The summed E-state index contributed by atoms with van der Waals surface area (Å²) in [7, 11) is 0. The van der Waals surface area contributed by atoms with Gasteiger partial charge in [0.25, 0.3) is 0 Å². The fourth-order valence-corrected chi connectivity index (χ4v) is 4.93. The van der Waals surface area contributed by atoms with Crippen LogP contribution in [0.15, 0.2) is 42.5 Å². The summed E-state index contributed by atoms with van der Waals surface area (Å²) in [5, 5.41) is 2.98. The standard InChI is InChI=1S/C26H33F2N3O2/c1-18-14-31(15-19(2)33-18)25-9-8-20(12-24(25)28)13-29-26(32)22-6-4-10-30(17-22)16-21-5-3-7-23(27)11-21/h3,5,7-9,11-12,18-19,22H,4,6,10,13-17H2,1-2H3,(H,29,32). The fourth-order valence-electron chi connectivity index (χ4n) is 4.93. The lowest BCUT2D eigenvalue weighted by Gasteiger charge is -2.37. The summed E-state index contributed by atoms with van der Waals surface area (Å²) >= 11 is 0. The summed E-state index contributed by atoms with van der Waals surface area (Å²) in [5.74, 6) is -0.649. The Hall–Kier alpha value is -2.51. The van der Waals surface area contributed by atoms with Gasteiger partial charge in [-0.25, -0.2) is 8.78 Å². The van der Waals surface area contributed by atoms with Crippen LogP contribution < -0.4 is 10.2 Å². The zero-order chi connectivity index (χ0) is 23.4. The van der Waals surface area contributed by atoms with Crippen molar-refractivity contribution in [2.75, 3.05) is 31.1 Å². The lowest BCUT2D eigenvalue weighted by Crippen LogP contribution is -2.45. The van der Waals surface area contributed by atoms with E-state index in [1.165, 1.54) is 12.1 Å². The quantitative estimate of drug-likeness (QED) is 0.709. The highest BCUT2D eigenvalue weighted by molar-refractivity contribution is 5.79. The number of hydrogen-bond donors (Lipinski definition) is 1. The van der Waals surface area contributed by atoms with Gasteiger partial charge in [0.15, 0.2) is 0 Å². The van der Waals surface area contributed by atoms with Crippen LogP contribution >= 0.6 is 0 Å². The van der Waals surface area contributed by atoms with Crippen LogP contribution in [0.1, 0.15) is 37.8 Å².